The van der Waals surface area contributed by atoms with Gasteiger partial charge in [0.2, 0.25) is 0 Å². The van der Waals surface area contributed by atoms with Crippen molar-refractivity contribution in [3.8, 4) is 5.69 Å². The van der Waals surface area contributed by atoms with Gasteiger partial charge in [-0.3, -0.25) is 4.57 Å². The number of hydrogen-bond acceptors (Lipinski definition) is 3. The summed E-state index contributed by atoms with van der Waals surface area (Å²) in [5.74, 6) is 0. The molecule has 4 heteroatoms. The minimum atomic E-state index is -0.292. The van der Waals surface area contributed by atoms with Gasteiger partial charge in [0.05, 0.1) is 11.2 Å². The maximum atomic E-state index is 12.1. The maximum Gasteiger partial charge on any atom is 0.352 e. The molecule has 0 radical (unpaired) electrons. The first-order valence-electron chi connectivity index (χ1n) is 6.06. The minimum absolute atomic E-state index is 0.292. The summed E-state index contributed by atoms with van der Waals surface area (Å²) in [5.41, 5.74) is 7.83. The number of nitrogens with two attached hydrogens (primary N) is 1. The van der Waals surface area contributed by atoms with Crippen molar-refractivity contribution in [2.45, 2.75) is 6.54 Å². The number of para-hydroxylation sites is 2. The summed E-state index contributed by atoms with van der Waals surface area (Å²) in [5, 5.41) is 0.925. The second-order valence-corrected chi connectivity index (χ2v) is 4.29. The normalized spacial score (nSPS) is 10.8. The molecule has 0 aliphatic carbocycles. The van der Waals surface area contributed by atoms with Crippen LogP contribution >= 0.6 is 0 Å². The van der Waals surface area contributed by atoms with Gasteiger partial charge in [-0.15, -0.1) is 0 Å². The average Bonchev–Trinajstić information content (AvgIpc) is 2.46. The minimum Gasteiger partial charge on any atom is -0.326 e. The fourth-order valence-electron chi connectivity index (χ4n) is 2.14. The quantitative estimate of drug-likeness (QED) is 0.756. The molecule has 0 unspecified atom stereocenters. The van der Waals surface area contributed by atoms with Gasteiger partial charge in [0.15, 0.2) is 0 Å². The number of hydrogen-bond donors (Lipinski definition) is 1. The van der Waals surface area contributed by atoms with Crippen LogP contribution in [-0.2, 0) is 6.54 Å². The summed E-state index contributed by atoms with van der Waals surface area (Å²) in [6.07, 6.45) is 1.80. The zero-order valence-corrected chi connectivity index (χ0v) is 10.3. The fourth-order valence-corrected chi connectivity index (χ4v) is 2.14. The molecule has 0 bridgehead atoms. The Hall–Kier alpha value is -2.46. The van der Waals surface area contributed by atoms with E-state index in [-0.39, 0.29) is 5.69 Å². The zero-order chi connectivity index (χ0) is 13.2. The van der Waals surface area contributed by atoms with Crippen LogP contribution in [0.25, 0.3) is 16.6 Å². The molecule has 0 atom stereocenters. The molecule has 0 saturated heterocycles. The molecule has 19 heavy (non-hydrogen) atoms. The fraction of sp³-hybridized carbons (Fsp3) is 0.0667. The molecule has 0 aliphatic rings. The molecule has 0 spiro atoms. The lowest BCUT2D eigenvalue weighted by Crippen LogP contribution is -2.22. The summed E-state index contributed by atoms with van der Waals surface area (Å²) in [4.78, 5) is 16.2. The first-order valence-corrected chi connectivity index (χ1v) is 6.06. The molecule has 0 saturated carbocycles. The number of nitrogens with zero attached hydrogens (tertiary/aromatic N) is 2. The van der Waals surface area contributed by atoms with Gasteiger partial charge in [-0.1, -0.05) is 36.4 Å². The molecule has 3 aromatic rings. The summed E-state index contributed by atoms with van der Waals surface area (Å²) in [6.45, 7) is 0.384. The molecule has 94 valence electrons. The number of benzene rings is 2. The molecule has 0 amide bonds. The molecular formula is C15H13N3O. The van der Waals surface area contributed by atoms with Crippen LogP contribution in [0.3, 0.4) is 0 Å². The Morgan fingerprint density at radius 2 is 1.79 bits per heavy atom. The lowest BCUT2D eigenvalue weighted by molar-refractivity contribution is 0.909. The van der Waals surface area contributed by atoms with Gasteiger partial charge < -0.3 is 5.73 Å². The van der Waals surface area contributed by atoms with Crippen LogP contribution in [0.5, 0.6) is 0 Å². The standard InChI is InChI=1S/C15H13N3O/c16-9-11-5-2-4-8-14(11)18-10-12-6-1-3-7-13(12)17-15(18)19/h1-8,10H,9,16H2. The van der Waals surface area contributed by atoms with Gasteiger partial charge in [-0.05, 0) is 17.7 Å². The Morgan fingerprint density at radius 1 is 1.05 bits per heavy atom. The first kappa shape index (κ1) is 11.6. The molecule has 4 nitrogen and oxygen atoms in total. The van der Waals surface area contributed by atoms with Crippen LogP contribution in [0.15, 0.2) is 59.5 Å². The zero-order valence-electron chi connectivity index (χ0n) is 10.3. The molecular weight excluding hydrogens is 238 g/mol. The third-order valence-corrected chi connectivity index (χ3v) is 3.10. The van der Waals surface area contributed by atoms with E-state index in [0.717, 1.165) is 16.6 Å². The number of fused-ring (bicyclic) bond motifs is 1. The number of aromatic nitrogens is 2. The molecule has 0 fully saturated rings. The summed E-state index contributed by atoms with van der Waals surface area (Å²) >= 11 is 0. The van der Waals surface area contributed by atoms with Crippen molar-refractivity contribution in [1.82, 2.24) is 9.55 Å². The van der Waals surface area contributed by atoms with Gasteiger partial charge >= 0.3 is 5.69 Å². The van der Waals surface area contributed by atoms with Crippen LogP contribution in [0.1, 0.15) is 5.56 Å². The van der Waals surface area contributed by atoms with Gasteiger partial charge in [-0.2, -0.15) is 4.98 Å². The summed E-state index contributed by atoms with van der Waals surface area (Å²) < 4.78 is 1.55. The van der Waals surface area contributed by atoms with Crippen molar-refractivity contribution in [3.63, 3.8) is 0 Å². The highest BCUT2D eigenvalue weighted by Crippen LogP contribution is 2.14. The van der Waals surface area contributed by atoms with Crippen LogP contribution in [-0.4, -0.2) is 9.55 Å². The third-order valence-electron chi connectivity index (χ3n) is 3.10. The van der Waals surface area contributed by atoms with Crippen LogP contribution in [0.4, 0.5) is 0 Å². The largest absolute Gasteiger partial charge is 0.352 e. The number of rotatable bonds is 2. The van der Waals surface area contributed by atoms with Crippen LogP contribution in [0, 0.1) is 0 Å². The predicted octanol–water partition coefficient (Wildman–Crippen LogP) is 1.84. The van der Waals surface area contributed by atoms with Gasteiger partial charge in [0, 0.05) is 18.1 Å². The molecule has 1 aromatic heterocycles. The predicted molar refractivity (Wildman–Crippen MR) is 75.2 cm³/mol. The first-order chi connectivity index (χ1) is 9.29. The van der Waals surface area contributed by atoms with Crippen molar-refractivity contribution in [2.75, 3.05) is 0 Å². The summed E-state index contributed by atoms with van der Waals surface area (Å²) in [6, 6.07) is 15.1. The highest BCUT2D eigenvalue weighted by Gasteiger charge is 2.06. The topological polar surface area (TPSA) is 60.9 Å². The van der Waals surface area contributed by atoms with E-state index < -0.39 is 0 Å². The second kappa shape index (κ2) is 4.66. The maximum absolute atomic E-state index is 12.1. The van der Waals surface area contributed by atoms with Gasteiger partial charge in [0.25, 0.3) is 0 Å². The Labute approximate surface area is 110 Å². The van der Waals surface area contributed by atoms with E-state index in [1.54, 1.807) is 10.8 Å². The van der Waals surface area contributed by atoms with E-state index >= 15 is 0 Å². The van der Waals surface area contributed by atoms with Crippen molar-refractivity contribution < 1.29 is 0 Å². The Balaban J connectivity index is 2.30. The van der Waals surface area contributed by atoms with Crippen molar-refractivity contribution in [3.05, 3.63) is 70.8 Å². The Morgan fingerprint density at radius 3 is 2.63 bits per heavy atom. The SMILES string of the molecule is NCc1ccccc1-n1cc2ccccc2nc1=O. The smallest absolute Gasteiger partial charge is 0.326 e. The van der Waals surface area contributed by atoms with E-state index in [1.807, 2.05) is 48.5 Å². The molecule has 0 aliphatic heterocycles. The highest BCUT2D eigenvalue weighted by atomic mass is 16.1. The van der Waals surface area contributed by atoms with E-state index in [9.17, 15) is 4.79 Å². The Bertz CT molecular complexity index is 792. The van der Waals surface area contributed by atoms with Crippen molar-refractivity contribution >= 4 is 10.9 Å². The van der Waals surface area contributed by atoms with Gasteiger partial charge in [0.1, 0.15) is 0 Å². The molecule has 2 N–H and O–H groups in total. The molecule has 2 aromatic carbocycles. The van der Waals surface area contributed by atoms with E-state index in [0.29, 0.717) is 12.1 Å². The Kier molecular flexibility index (Phi) is 2.85. The average molecular weight is 251 g/mol. The monoisotopic (exact) mass is 251 g/mol. The molecule has 3 rings (SSSR count). The van der Waals surface area contributed by atoms with Crippen molar-refractivity contribution in [2.24, 2.45) is 5.73 Å². The summed E-state index contributed by atoms with van der Waals surface area (Å²) in [7, 11) is 0. The second-order valence-electron chi connectivity index (χ2n) is 4.29. The van der Waals surface area contributed by atoms with E-state index in [2.05, 4.69) is 4.98 Å². The van der Waals surface area contributed by atoms with Crippen LogP contribution < -0.4 is 11.4 Å². The van der Waals surface area contributed by atoms with E-state index in [4.69, 9.17) is 5.73 Å². The third kappa shape index (κ3) is 2.02. The molecule has 1 heterocycles. The van der Waals surface area contributed by atoms with Crippen molar-refractivity contribution in [1.29, 1.82) is 0 Å². The van der Waals surface area contributed by atoms with E-state index in [1.165, 1.54) is 0 Å². The van der Waals surface area contributed by atoms with Crippen LogP contribution in [0.2, 0.25) is 0 Å². The lowest BCUT2D eigenvalue weighted by atomic mass is 10.1. The lowest BCUT2D eigenvalue weighted by Gasteiger charge is -2.10. The highest BCUT2D eigenvalue weighted by molar-refractivity contribution is 5.77. The van der Waals surface area contributed by atoms with Gasteiger partial charge in [-0.25, -0.2) is 4.79 Å².